The first-order valence-electron chi connectivity index (χ1n) is 9.44. The molecule has 0 bridgehead atoms. The van der Waals surface area contributed by atoms with Gasteiger partial charge in [-0.25, -0.2) is 9.97 Å². The molecule has 0 aliphatic heterocycles. The maximum atomic E-state index is 12.6. The van der Waals surface area contributed by atoms with Crippen molar-refractivity contribution in [2.24, 2.45) is 5.92 Å². The van der Waals surface area contributed by atoms with Crippen LogP contribution in [0.5, 0.6) is 0 Å². The number of fused-ring (bicyclic) bond motifs is 1. The number of para-hydroxylation sites is 1. The van der Waals surface area contributed by atoms with Crippen molar-refractivity contribution in [3.05, 3.63) is 29.4 Å². The summed E-state index contributed by atoms with van der Waals surface area (Å²) in [6.07, 6.45) is -1.99. The molecule has 4 rings (SSSR count). The zero-order chi connectivity index (χ0) is 21.3. The summed E-state index contributed by atoms with van der Waals surface area (Å²) >= 11 is 7.81. The highest BCUT2D eigenvalue weighted by atomic mass is 35.5. The molecule has 0 radical (unpaired) electrons. The Morgan fingerprint density at radius 1 is 1.17 bits per heavy atom. The van der Waals surface area contributed by atoms with E-state index in [1.165, 1.54) is 11.3 Å². The highest BCUT2D eigenvalue weighted by molar-refractivity contribution is 7.21. The topological polar surface area (TPSA) is 83.0 Å². The van der Waals surface area contributed by atoms with Crippen molar-refractivity contribution >= 4 is 44.9 Å². The highest BCUT2D eigenvalue weighted by Gasteiger charge is 2.29. The minimum atomic E-state index is -4.41. The molecular weight excluding hydrogens is 439 g/mol. The van der Waals surface area contributed by atoms with E-state index in [0.717, 1.165) is 29.5 Å². The predicted molar refractivity (Wildman–Crippen MR) is 112 cm³/mol. The van der Waals surface area contributed by atoms with Crippen LogP contribution in [0.3, 0.4) is 0 Å². The quantitative estimate of drug-likeness (QED) is 0.454. The lowest BCUT2D eigenvalue weighted by atomic mass is 10.1. The Labute approximate surface area is 179 Å². The van der Waals surface area contributed by atoms with Crippen LogP contribution in [0.25, 0.3) is 20.8 Å². The van der Waals surface area contributed by atoms with Crippen molar-refractivity contribution in [1.82, 2.24) is 15.0 Å². The fourth-order valence-corrected chi connectivity index (χ4v) is 4.86. The van der Waals surface area contributed by atoms with Crippen LogP contribution in [0.15, 0.2) is 24.3 Å². The molecule has 3 aromatic rings. The number of thiazole rings is 1. The second-order valence-corrected chi connectivity index (χ2v) is 8.61. The van der Waals surface area contributed by atoms with E-state index in [0.29, 0.717) is 16.4 Å². The maximum Gasteiger partial charge on any atom is 0.405 e. The number of hydrogen-bond acceptors (Lipinski definition) is 7. The van der Waals surface area contributed by atoms with E-state index in [1.807, 2.05) is 24.3 Å². The molecule has 1 saturated carbocycles. The molecule has 2 heterocycles. The number of rotatable bonds is 6. The molecule has 30 heavy (non-hydrogen) atoms. The standard InChI is InChI=1S/C19H19ClF3N5OS/c20-15-14(17-26-12-3-1-2-4-13(12)30-17)16(25-11-6-5-10(7-11)8-29)28-18(27-15)24-9-19(21,22)23/h1-4,10-11,29H,5-9H2,(H2,24,25,27,28)/t10-,11+/m1/s1. The zero-order valence-corrected chi connectivity index (χ0v) is 17.3. The second-order valence-electron chi connectivity index (χ2n) is 7.22. The van der Waals surface area contributed by atoms with Gasteiger partial charge in [0.2, 0.25) is 5.95 Å². The van der Waals surface area contributed by atoms with Gasteiger partial charge in [-0.3, -0.25) is 0 Å². The van der Waals surface area contributed by atoms with Crippen LogP contribution in [0.1, 0.15) is 19.3 Å². The SMILES string of the molecule is OC[C@@H]1CC[C@H](Nc2nc(NCC(F)(F)F)nc(Cl)c2-c2nc3ccccc3s2)C1. The number of hydrogen-bond donors (Lipinski definition) is 3. The molecule has 0 unspecified atom stereocenters. The van der Waals surface area contributed by atoms with Gasteiger partial charge in [0.15, 0.2) is 0 Å². The molecule has 1 aromatic carbocycles. The summed E-state index contributed by atoms with van der Waals surface area (Å²) in [7, 11) is 0. The van der Waals surface area contributed by atoms with E-state index in [-0.39, 0.29) is 29.7 Å². The van der Waals surface area contributed by atoms with E-state index < -0.39 is 12.7 Å². The predicted octanol–water partition coefficient (Wildman–Crippen LogP) is 4.95. The summed E-state index contributed by atoms with van der Waals surface area (Å²) in [6, 6.07) is 7.61. The molecular formula is C19H19ClF3N5OS. The first-order chi connectivity index (χ1) is 14.3. The summed E-state index contributed by atoms with van der Waals surface area (Å²) in [6.45, 7) is -1.16. The lowest BCUT2D eigenvalue weighted by Crippen LogP contribution is -2.23. The molecule has 1 aliphatic rings. The second kappa shape index (κ2) is 8.52. The van der Waals surface area contributed by atoms with E-state index in [4.69, 9.17) is 11.6 Å². The van der Waals surface area contributed by atoms with Gasteiger partial charge in [0, 0.05) is 12.6 Å². The van der Waals surface area contributed by atoms with Gasteiger partial charge >= 0.3 is 6.18 Å². The third kappa shape index (κ3) is 4.76. The largest absolute Gasteiger partial charge is 0.405 e. The van der Waals surface area contributed by atoms with Crippen LogP contribution in [-0.4, -0.2) is 45.4 Å². The van der Waals surface area contributed by atoms with Gasteiger partial charge in [0.1, 0.15) is 22.5 Å². The van der Waals surface area contributed by atoms with Gasteiger partial charge in [0.25, 0.3) is 0 Å². The third-order valence-electron chi connectivity index (χ3n) is 4.96. The van der Waals surface area contributed by atoms with Crippen molar-refractivity contribution in [3.63, 3.8) is 0 Å². The van der Waals surface area contributed by atoms with E-state index in [2.05, 4.69) is 25.6 Å². The van der Waals surface area contributed by atoms with Crippen molar-refractivity contribution in [3.8, 4) is 10.6 Å². The number of alkyl halides is 3. The Hall–Kier alpha value is -2.17. The van der Waals surface area contributed by atoms with E-state index in [1.54, 1.807) is 0 Å². The molecule has 1 fully saturated rings. The molecule has 2 atom stereocenters. The van der Waals surface area contributed by atoms with Gasteiger partial charge in [-0.1, -0.05) is 23.7 Å². The fraction of sp³-hybridized carbons (Fsp3) is 0.421. The number of benzene rings is 1. The normalized spacial score (nSPS) is 19.4. The summed E-state index contributed by atoms with van der Waals surface area (Å²) in [5.74, 6) is 0.317. The number of halogens is 4. The van der Waals surface area contributed by atoms with Gasteiger partial charge in [-0.05, 0) is 37.3 Å². The Bertz CT molecular complexity index is 1010. The maximum absolute atomic E-state index is 12.6. The summed E-state index contributed by atoms with van der Waals surface area (Å²) in [5.41, 5.74) is 1.25. The molecule has 1 aliphatic carbocycles. The lowest BCUT2D eigenvalue weighted by Gasteiger charge is -2.18. The first-order valence-corrected chi connectivity index (χ1v) is 10.6. The van der Waals surface area contributed by atoms with E-state index >= 15 is 0 Å². The van der Waals surface area contributed by atoms with Crippen molar-refractivity contribution in [2.75, 3.05) is 23.8 Å². The molecule has 11 heteroatoms. The van der Waals surface area contributed by atoms with E-state index in [9.17, 15) is 18.3 Å². The van der Waals surface area contributed by atoms with Crippen LogP contribution in [-0.2, 0) is 0 Å². The smallest absolute Gasteiger partial charge is 0.396 e. The minimum Gasteiger partial charge on any atom is -0.396 e. The summed E-state index contributed by atoms with van der Waals surface area (Å²) in [4.78, 5) is 12.9. The van der Waals surface area contributed by atoms with Crippen molar-refractivity contribution in [2.45, 2.75) is 31.5 Å². The monoisotopic (exact) mass is 457 g/mol. The first kappa shape index (κ1) is 21.1. The highest BCUT2D eigenvalue weighted by Crippen LogP contribution is 2.39. The number of anilines is 2. The van der Waals surface area contributed by atoms with Gasteiger partial charge in [-0.15, -0.1) is 11.3 Å². The molecule has 3 N–H and O–H groups in total. The van der Waals surface area contributed by atoms with Gasteiger partial charge in [0.05, 0.1) is 15.8 Å². The fourth-order valence-electron chi connectivity index (χ4n) is 3.53. The van der Waals surface area contributed by atoms with Gasteiger partial charge in [-0.2, -0.15) is 18.2 Å². The summed E-state index contributed by atoms with van der Waals surface area (Å²) in [5, 5.41) is 15.5. The Kier molecular flexibility index (Phi) is 5.99. The summed E-state index contributed by atoms with van der Waals surface area (Å²) < 4.78 is 38.8. The molecule has 6 nitrogen and oxygen atoms in total. The van der Waals surface area contributed by atoms with Crippen LogP contribution in [0.2, 0.25) is 5.15 Å². The Balaban J connectivity index is 1.71. The average molecular weight is 458 g/mol. The average Bonchev–Trinajstić information content (AvgIpc) is 3.32. The van der Waals surface area contributed by atoms with Crippen molar-refractivity contribution in [1.29, 1.82) is 0 Å². The molecule has 160 valence electrons. The molecule has 0 amide bonds. The van der Waals surface area contributed by atoms with Crippen LogP contribution in [0.4, 0.5) is 24.9 Å². The third-order valence-corrected chi connectivity index (χ3v) is 6.29. The number of aromatic nitrogens is 3. The zero-order valence-electron chi connectivity index (χ0n) is 15.7. The number of aliphatic hydroxyl groups is 1. The van der Waals surface area contributed by atoms with Crippen LogP contribution >= 0.6 is 22.9 Å². The molecule has 0 saturated heterocycles. The molecule has 2 aromatic heterocycles. The lowest BCUT2D eigenvalue weighted by molar-refractivity contribution is -0.115. The number of nitrogens with zero attached hydrogens (tertiary/aromatic N) is 3. The van der Waals surface area contributed by atoms with Crippen LogP contribution in [0, 0.1) is 5.92 Å². The van der Waals surface area contributed by atoms with Crippen molar-refractivity contribution < 1.29 is 18.3 Å². The Morgan fingerprint density at radius 2 is 1.97 bits per heavy atom. The van der Waals surface area contributed by atoms with Crippen LogP contribution < -0.4 is 10.6 Å². The number of aliphatic hydroxyl groups excluding tert-OH is 1. The number of nitrogens with one attached hydrogen (secondary N) is 2. The minimum absolute atomic E-state index is 0.0212. The molecule has 0 spiro atoms. The Morgan fingerprint density at radius 3 is 2.67 bits per heavy atom. The van der Waals surface area contributed by atoms with Gasteiger partial charge < -0.3 is 15.7 Å².